The van der Waals surface area contributed by atoms with Gasteiger partial charge in [-0.05, 0) is 52.7 Å². The molecule has 0 bridgehead atoms. The summed E-state index contributed by atoms with van der Waals surface area (Å²) >= 11 is 0. The summed E-state index contributed by atoms with van der Waals surface area (Å²) in [6.45, 7) is 8.59. The molecular weight excluding hydrogens is 448 g/mol. The van der Waals surface area contributed by atoms with Crippen molar-refractivity contribution in [2.24, 2.45) is 0 Å². The number of H-pyrrole nitrogens is 1. The van der Waals surface area contributed by atoms with Crippen LogP contribution in [0.15, 0.2) is 39.9 Å². The van der Waals surface area contributed by atoms with Gasteiger partial charge in [-0.15, -0.1) is 5.92 Å². The van der Waals surface area contributed by atoms with Crippen molar-refractivity contribution in [1.82, 2.24) is 24.4 Å². The van der Waals surface area contributed by atoms with Gasteiger partial charge in [0.2, 0.25) is 5.95 Å². The van der Waals surface area contributed by atoms with Gasteiger partial charge in [0.25, 0.3) is 5.56 Å². The van der Waals surface area contributed by atoms with Gasteiger partial charge in [0.05, 0.1) is 12.2 Å². The molecule has 1 saturated heterocycles. The molecule has 0 radical (unpaired) electrons. The van der Waals surface area contributed by atoms with Crippen molar-refractivity contribution in [3.8, 4) is 17.5 Å². The highest BCUT2D eigenvalue weighted by Gasteiger charge is 2.28. The molecule has 10 heteroatoms. The topological polar surface area (TPSA) is 114 Å². The fraction of sp³-hybridized carbons (Fsp3) is 0.440. The summed E-state index contributed by atoms with van der Waals surface area (Å²) in [4.78, 5) is 47.3. The third-order valence-corrected chi connectivity index (χ3v) is 5.63. The molecule has 35 heavy (non-hydrogen) atoms. The number of nitrogens with zero attached hydrogens (tertiary/aromatic N) is 4. The van der Waals surface area contributed by atoms with E-state index in [1.54, 1.807) is 23.6 Å². The van der Waals surface area contributed by atoms with E-state index in [0.717, 1.165) is 12.8 Å². The summed E-state index contributed by atoms with van der Waals surface area (Å²) in [6.07, 6.45) is 1.13. The largest absolute Gasteiger partial charge is 0.444 e. The number of alkyl carbamates (subject to hydrolysis) is 1. The Balaban J connectivity index is 1.77. The van der Waals surface area contributed by atoms with Gasteiger partial charge in [-0.25, -0.2) is 14.2 Å². The predicted molar refractivity (Wildman–Crippen MR) is 134 cm³/mol. The van der Waals surface area contributed by atoms with Crippen molar-refractivity contribution < 1.29 is 9.53 Å². The van der Waals surface area contributed by atoms with Gasteiger partial charge in [-0.1, -0.05) is 24.1 Å². The number of imidazole rings is 1. The van der Waals surface area contributed by atoms with E-state index >= 15 is 0 Å². The first kappa shape index (κ1) is 24.1. The van der Waals surface area contributed by atoms with Crippen LogP contribution in [0.4, 0.5) is 10.7 Å². The Labute approximate surface area is 202 Å². The second kappa shape index (κ2) is 9.70. The van der Waals surface area contributed by atoms with Crippen molar-refractivity contribution >= 4 is 23.2 Å². The Morgan fingerprint density at radius 3 is 2.69 bits per heavy atom. The SMILES string of the molecule is CC#CCn1c(N2CCC[C@@H](NC(=O)OC(C)(C)C)C2)nc2c1c(=O)[nH]c(=O)n2-c1ccccc1. The van der Waals surface area contributed by atoms with Gasteiger partial charge in [0.1, 0.15) is 5.60 Å². The van der Waals surface area contributed by atoms with Crippen molar-refractivity contribution in [2.75, 3.05) is 18.0 Å². The average molecular weight is 479 g/mol. The Morgan fingerprint density at radius 2 is 2.00 bits per heavy atom. The van der Waals surface area contributed by atoms with E-state index < -0.39 is 22.9 Å². The van der Waals surface area contributed by atoms with E-state index in [2.05, 4.69) is 22.1 Å². The quantitative estimate of drug-likeness (QED) is 0.557. The van der Waals surface area contributed by atoms with E-state index in [9.17, 15) is 14.4 Å². The number of hydrogen-bond acceptors (Lipinski definition) is 6. The lowest BCUT2D eigenvalue weighted by atomic mass is 10.1. The third kappa shape index (κ3) is 5.24. The molecule has 0 unspecified atom stereocenters. The van der Waals surface area contributed by atoms with Crippen molar-refractivity contribution in [3.63, 3.8) is 0 Å². The highest BCUT2D eigenvalue weighted by atomic mass is 16.6. The smallest absolute Gasteiger partial charge is 0.407 e. The number of hydrogen-bond donors (Lipinski definition) is 2. The van der Waals surface area contributed by atoms with Gasteiger partial charge in [0.15, 0.2) is 11.2 Å². The zero-order valence-corrected chi connectivity index (χ0v) is 20.4. The highest BCUT2D eigenvalue weighted by molar-refractivity contribution is 5.76. The molecule has 1 aliphatic heterocycles. The summed E-state index contributed by atoms with van der Waals surface area (Å²) in [5.74, 6) is 6.40. The fourth-order valence-electron chi connectivity index (χ4n) is 4.23. The van der Waals surface area contributed by atoms with Crippen LogP contribution in [0.5, 0.6) is 0 Å². The number of carbonyl (C=O) groups excluding carboxylic acids is 1. The zero-order valence-electron chi connectivity index (χ0n) is 20.4. The number of benzene rings is 1. The molecule has 1 amide bonds. The first-order chi connectivity index (χ1) is 16.7. The Morgan fingerprint density at radius 1 is 1.26 bits per heavy atom. The maximum atomic E-state index is 12.9. The van der Waals surface area contributed by atoms with Crippen LogP contribution in [0, 0.1) is 11.8 Å². The molecule has 0 saturated carbocycles. The molecule has 2 aromatic heterocycles. The number of rotatable bonds is 4. The molecule has 3 aromatic rings. The number of aromatic amines is 1. The van der Waals surface area contributed by atoms with E-state index in [1.165, 1.54) is 4.57 Å². The molecule has 3 heterocycles. The van der Waals surface area contributed by atoms with Gasteiger partial charge in [-0.2, -0.15) is 4.98 Å². The minimum absolute atomic E-state index is 0.154. The van der Waals surface area contributed by atoms with Gasteiger partial charge < -0.3 is 15.0 Å². The van der Waals surface area contributed by atoms with Crippen LogP contribution in [0.3, 0.4) is 0 Å². The van der Waals surface area contributed by atoms with Crippen molar-refractivity contribution in [2.45, 2.75) is 58.7 Å². The lowest BCUT2D eigenvalue weighted by Crippen LogP contribution is -2.49. The number of ether oxygens (including phenoxy) is 1. The number of fused-ring (bicyclic) bond motifs is 1. The zero-order chi connectivity index (χ0) is 25.2. The van der Waals surface area contributed by atoms with Gasteiger partial charge in [0, 0.05) is 19.1 Å². The number of para-hydroxylation sites is 1. The third-order valence-electron chi connectivity index (χ3n) is 5.63. The van der Waals surface area contributed by atoms with E-state index in [1.807, 2.05) is 43.9 Å². The Bertz CT molecular complexity index is 1400. The summed E-state index contributed by atoms with van der Waals surface area (Å²) in [6, 6.07) is 8.90. The van der Waals surface area contributed by atoms with Crippen LogP contribution in [-0.2, 0) is 11.3 Å². The molecule has 1 atom stereocenters. The number of carbonyl (C=O) groups is 1. The standard InChI is InChI=1S/C25H30N6O4/c1-5-6-15-30-19-20(31(23(33)28-21(19)32)18-12-8-7-9-13-18)27-22(30)29-14-10-11-17(16-29)26-24(34)35-25(2,3)4/h7-9,12-13,17H,10-11,14-16H2,1-4H3,(H,26,34)(H,28,32,33)/t17-/m1/s1. The number of nitrogens with one attached hydrogen (secondary N) is 2. The van der Waals surface area contributed by atoms with E-state index in [4.69, 9.17) is 9.72 Å². The van der Waals surface area contributed by atoms with Crippen LogP contribution < -0.4 is 21.5 Å². The van der Waals surface area contributed by atoms with E-state index in [-0.39, 0.29) is 23.8 Å². The summed E-state index contributed by atoms with van der Waals surface area (Å²) in [7, 11) is 0. The second-order valence-corrected chi connectivity index (χ2v) is 9.46. The molecule has 0 spiro atoms. The molecule has 1 aromatic carbocycles. The minimum atomic E-state index is -0.590. The first-order valence-corrected chi connectivity index (χ1v) is 11.6. The molecular formula is C25H30N6O4. The molecule has 184 valence electrons. The molecule has 0 aliphatic carbocycles. The molecule has 1 fully saturated rings. The van der Waals surface area contributed by atoms with Crippen LogP contribution in [0.1, 0.15) is 40.5 Å². The van der Waals surface area contributed by atoms with E-state index in [0.29, 0.717) is 24.7 Å². The van der Waals surface area contributed by atoms with Crippen LogP contribution in [0.2, 0.25) is 0 Å². The lowest BCUT2D eigenvalue weighted by Gasteiger charge is -2.34. The molecule has 4 rings (SSSR count). The van der Waals surface area contributed by atoms with Crippen LogP contribution in [-0.4, -0.2) is 49.9 Å². The highest BCUT2D eigenvalue weighted by Crippen LogP contribution is 2.24. The Hall–Kier alpha value is -4.00. The molecule has 2 N–H and O–H groups in total. The second-order valence-electron chi connectivity index (χ2n) is 9.46. The molecule has 10 nitrogen and oxygen atoms in total. The van der Waals surface area contributed by atoms with Crippen molar-refractivity contribution in [3.05, 3.63) is 51.2 Å². The summed E-state index contributed by atoms with van der Waals surface area (Å²) in [5, 5.41) is 2.94. The van der Waals surface area contributed by atoms with Gasteiger partial charge in [-0.3, -0.25) is 14.3 Å². The number of anilines is 1. The number of piperidine rings is 1. The summed E-state index contributed by atoms with van der Waals surface area (Å²) in [5.41, 5.74) is -0.537. The monoisotopic (exact) mass is 478 g/mol. The number of aromatic nitrogens is 4. The van der Waals surface area contributed by atoms with Crippen LogP contribution >= 0.6 is 0 Å². The average Bonchev–Trinajstić information content (AvgIpc) is 3.17. The first-order valence-electron chi connectivity index (χ1n) is 11.6. The van der Waals surface area contributed by atoms with Gasteiger partial charge >= 0.3 is 11.8 Å². The molecule has 1 aliphatic rings. The predicted octanol–water partition coefficient (Wildman–Crippen LogP) is 2.39. The summed E-state index contributed by atoms with van der Waals surface area (Å²) < 4.78 is 8.54. The Kier molecular flexibility index (Phi) is 6.69. The maximum Gasteiger partial charge on any atom is 0.407 e. The number of amides is 1. The fourth-order valence-corrected chi connectivity index (χ4v) is 4.23. The lowest BCUT2D eigenvalue weighted by molar-refractivity contribution is 0.0500. The van der Waals surface area contributed by atoms with Crippen LogP contribution in [0.25, 0.3) is 16.9 Å². The van der Waals surface area contributed by atoms with Crippen molar-refractivity contribution in [1.29, 1.82) is 0 Å². The normalized spacial score (nSPS) is 16.0. The maximum absolute atomic E-state index is 12.9. The minimum Gasteiger partial charge on any atom is -0.444 e.